The summed E-state index contributed by atoms with van der Waals surface area (Å²) in [5.41, 5.74) is 0. The van der Waals surface area contributed by atoms with Crippen LogP contribution in [0.5, 0.6) is 0 Å². The molecule has 0 aromatic carbocycles. The molecule has 1 saturated heterocycles. The molecule has 5 nitrogen and oxygen atoms in total. The van der Waals surface area contributed by atoms with Crippen molar-refractivity contribution in [3.05, 3.63) is 0 Å². The first-order chi connectivity index (χ1) is 8.93. The lowest BCUT2D eigenvalue weighted by Crippen LogP contribution is -2.40. The van der Waals surface area contributed by atoms with E-state index >= 15 is 0 Å². The van der Waals surface area contributed by atoms with Crippen LogP contribution in [0.25, 0.3) is 0 Å². The third-order valence-corrected chi connectivity index (χ3v) is 4.79. The van der Waals surface area contributed by atoms with Crippen molar-refractivity contribution in [3.63, 3.8) is 0 Å². The minimum Gasteiger partial charge on any atom is -0.384 e. The summed E-state index contributed by atoms with van der Waals surface area (Å²) in [5, 5.41) is 0. The Balaban J connectivity index is 2.22. The topological polar surface area (TPSA) is 58.6 Å². The van der Waals surface area contributed by atoms with Crippen LogP contribution in [0.4, 0.5) is 0 Å². The lowest BCUT2D eigenvalue weighted by Gasteiger charge is -2.32. The molecule has 0 spiro atoms. The van der Waals surface area contributed by atoms with Crippen LogP contribution in [0.3, 0.4) is 0 Å². The van der Waals surface area contributed by atoms with Gasteiger partial charge < -0.3 is 9.64 Å². The second-order valence-corrected chi connectivity index (χ2v) is 7.72. The highest BCUT2D eigenvalue weighted by atomic mass is 32.2. The summed E-state index contributed by atoms with van der Waals surface area (Å²) in [6.45, 7) is 8.60. The zero-order valence-electron chi connectivity index (χ0n) is 12.4. The molecule has 6 heteroatoms. The lowest BCUT2D eigenvalue weighted by molar-refractivity contribution is 0.169. The number of piperidine rings is 1. The van der Waals surface area contributed by atoms with E-state index in [1.807, 2.05) is 0 Å². The van der Waals surface area contributed by atoms with Crippen LogP contribution in [0.15, 0.2) is 0 Å². The highest BCUT2D eigenvalue weighted by Crippen LogP contribution is 2.17. The average molecular weight is 292 g/mol. The van der Waals surface area contributed by atoms with E-state index in [2.05, 4.69) is 23.5 Å². The van der Waals surface area contributed by atoms with Gasteiger partial charge in [0, 0.05) is 20.2 Å². The molecule has 1 aliphatic rings. The summed E-state index contributed by atoms with van der Waals surface area (Å²) < 4.78 is 30.8. The van der Waals surface area contributed by atoms with E-state index < -0.39 is 10.0 Å². The van der Waals surface area contributed by atoms with E-state index in [0.717, 1.165) is 32.5 Å². The van der Waals surface area contributed by atoms with Crippen LogP contribution in [0.2, 0.25) is 0 Å². The molecule has 0 bridgehead atoms. The van der Waals surface area contributed by atoms with Crippen molar-refractivity contribution in [2.45, 2.75) is 26.7 Å². The van der Waals surface area contributed by atoms with Gasteiger partial charge in [0.1, 0.15) is 0 Å². The number of hydrogen-bond donors (Lipinski definition) is 1. The lowest BCUT2D eigenvalue weighted by atomic mass is 9.96. The molecular weight excluding hydrogens is 264 g/mol. The summed E-state index contributed by atoms with van der Waals surface area (Å²) in [6, 6.07) is 0. The smallest absolute Gasteiger partial charge is 0.213 e. The van der Waals surface area contributed by atoms with Crippen LogP contribution in [0, 0.1) is 11.8 Å². The van der Waals surface area contributed by atoms with Crippen LogP contribution < -0.4 is 4.72 Å². The molecule has 19 heavy (non-hydrogen) atoms. The van der Waals surface area contributed by atoms with Gasteiger partial charge in [-0.15, -0.1) is 0 Å². The maximum atomic E-state index is 11.6. The van der Waals surface area contributed by atoms with E-state index in [-0.39, 0.29) is 12.4 Å². The molecule has 1 rings (SSSR count). The van der Waals surface area contributed by atoms with Gasteiger partial charge >= 0.3 is 0 Å². The standard InChI is InChI=1S/C13H28N2O3S/c1-12(2)11-15-6-4-13(5-7-15)10-14-19(16,17)9-8-18-3/h12-14H,4-11H2,1-3H3. The molecule has 0 radical (unpaired) electrons. The van der Waals surface area contributed by atoms with Gasteiger partial charge in [-0.1, -0.05) is 13.8 Å². The van der Waals surface area contributed by atoms with E-state index in [4.69, 9.17) is 4.74 Å². The van der Waals surface area contributed by atoms with Crippen molar-refractivity contribution in [3.8, 4) is 0 Å². The number of likely N-dealkylation sites (tertiary alicyclic amines) is 1. The van der Waals surface area contributed by atoms with Gasteiger partial charge in [0.15, 0.2) is 0 Å². The van der Waals surface area contributed by atoms with Crippen molar-refractivity contribution in [2.24, 2.45) is 11.8 Å². The van der Waals surface area contributed by atoms with Gasteiger partial charge in [-0.25, -0.2) is 13.1 Å². The highest BCUT2D eigenvalue weighted by molar-refractivity contribution is 7.89. The maximum Gasteiger partial charge on any atom is 0.213 e. The molecule has 1 heterocycles. The van der Waals surface area contributed by atoms with E-state index in [0.29, 0.717) is 18.4 Å². The Hall–Kier alpha value is -0.170. The number of methoxy groups -OCH3 is 1. The number of hydrogen-bond acceptors (Lipinski definition) is 4. The van der Waals surface area contributed by atoms with E-state index in [1.54, 1.807) is 0 Å². The molecule has 0 atom stereocenters. The zero-order chi connectivity index (χ0) is 14.3. The predicted molar refractivity (Wildman–Crippen MR) is 77.7 cm³/mol. The zero-order valence-corrected chi connectivity index (χ0v) is 13.2. The summed E-state index contributed by atoms with van der Waals surface area (Å²) in [6.07, 6.45) is 2.17. The van der Waals surface area contributed by atoms with E-state index in [1.165, 1.54) is 7.11 Å². The molecule has 1 N–H and O–H groups in total. The Morgan fingerprint density at radius 1 is 1.32 bits per heavy atom. The fraction of sp³-hybridized carbons (Fsp3) is 1.00. The van der Waals surface area contributed by atoms with Gasteiger partial charge in [-0.2, -0.15) is 0 Å². The quantitative estimate of drug-likeness (QED) is 0.723. The van der Waals surface area contributed by atoms with Gasteiger partial charge in [0.2, 0.25) is 10.0 Å². The molecule has 1 aliphatic heterocycles. The number of nitrogens with zero attached hydrogens (tertiary/aromatic N) is 1. The van der Waals surface area contributed by atoms with Gasteiger partial charge in [0.25, 0.3) is 0 Å². The second-order valence-electron chi connectivity index (χ2n) is 5.80. The first-order valence-corrected chi connectivity index (χ1v) is 8.77. The average Bonchev–Trinajstić information content (AvgIpc) is 2.35. The second kappa shape index (κ2) is 8.19. The molecule has 0 saturated carbocycles. The van der Waals surface area contributed by atoms with Crippen molar-refractivity contribution < 1.29 is 13.2 Å². The SMILES string of the molecule is COCCS(=O)(=O)NCC1CCN(CC(C)C)CC1. The third kappa shape index (κ3) is 7.25. The Morgan fingerprint density at radius 3 is 2.47 bits per heavy atom. The Bertz CT molecular complexity index is 336. The monoisotopic (exact) mass is 292 g/mol. The third-order valence-electron chi connectivity index (χ3n) is 3.48. The van der Waals surface area contributed by atoms with E-state index in [9.17, 15) is 8.42 Å². The van der Waals surface area contributed by atoms with Crippen molar-refractivity contribution >= 4 is 10.0 Å². The summed E-state index contributed by atoms with van der Waals surface area (Å²) in [7, 11) is -1.65. The molecule has 0 aromatic rings. The van der Waals surface area contributed by atoms with Gasteiger partial charge in [-0.3, -0.25) is 0 Å². The Morgan fingerprint density at radius 2 is 1.95 bits per heavy atom. The van der Waals surface area contributed by atoms with Crippen LogP contribution in [-0.4, -0.2) is 59.0 Å². The molecule has 0 unspecified atom stereocenters. The predicted octanol–water partition coefficient (Wildman–Crippen LogP) is 0.920. The van der Waals surface area contributed by atoms with Crippen molar-refractivity contribution in [1.29, 1.82) is 0 Å². The molecular formula is C13H28N2O3S. The first kappa shape index (κ1) is 16.9. The highest BCUT2D eigenvalue weighted by Gasteiger charge is 2.21. The summed E-state index contributed by atoms with van der Waals surface area (Å²) in [5.74, 6) is 1.22. The normalized spacial score (nSPS) is 19.2. The molecule has 0 amide bonds. The minimum atomic E-state index is -3.16. The first-order valence-electron chi connectivity index (χ1n) is 7.11. The number of rotatable bonds is 8. The summed E-state index contributed by atoms with van der Waals surface area (Å²) in [4.78, 5) is 2.47. The molecule has 0 aliphatic carbocycles. The molecule has 0 aromatic heterocycles. The number of nitrogens with one attached hydrogen (secondary N) is 1. The van der Waals surface area contributed by atoms with Crippen LogP contribution >= 0.6 is 0 Å². The van der Waals surface area contributed by atoms with Crippen molar-refractivity contribution in [1.82, 2.24) is 9.62 Å². The minimum absolute atomic E-state index is 0.0513. The van der Waals surface area contributed by atoms with Crippen molar-refractivity contribution in [2.75, 3.05) is 45.6 Å². The number of sulfonamides is 1. The fourth-order valence-electron chi connectivity index (χ4n) is 2.40. The van der Waals surface area contributed by atoms with Gasteiger partial charge in [-0.05, 0) is 37.8 Å². The Kier molecular flexibility index (Phi) is 7.28. The molecule has 1 fully saturated rings. The van der Waals surface area contributed by atoms with Gasteiger partial charge in [0.05, 0.1) is 12.4 Å². The molecule has 114 valence electrons. The fourth-order valence-corrected chi connectivity index (χ4v) is 3.42. The van der Waals surface area contributed by atoms with Crippen LogP contribution in [0.1, 0.15) is 26.7 Å². The largest absolute Gasteiger partial charge is 0.384 e. The maximum absolute atomic E-state index is 11.6. The van der Waals surface area contributed by atoms with Crippen LogP contribution in [-0.2, 0) is 14.8 Å². The summed E-state index contributed by atoms with van der Waals surface area (Å²) >= 11 is 0. The number of ether oxygens (including phenoxy) is 1. The Labute approximate surface area is 117 Å².